The number of likely N-dealkylation sites (N-methyl/N-ethyl adjacent to an activating group) is 1. The molecule has 3 amide bonds. The lowest BCUT2D eigenvalue weighted by molar-refractivity contribution is 0.0541. The molecular weight excluding hydrogens is 523 g/mol. The normalized spacial score (nSPS) is 18.6. The van der Waals surface area contributed by atoms with Gasteiger partial charge < -0.3 is 29.0 Å². The highest BCUT2D eigenvalue weighted by molar-refractivity contribution is 6.03. The highest BCUT2D eigenvalue weighted by atomic mass is 19.1. The average Bonchev–Trinajstić information content (AvgIpc) is 3.27. The number of hydrogen-bond acceptors (Lipinski definition) is 10. The standard InChI is InChI=1S/C26H31FN8O5/c1-6-34-13-26(4,5)40-21-19(22(34)36)20(29-23(30-21)35-9-10-38-12-14(35)2)16-7-8-18(17(27)11-16)28-24(37)31-25-33-32-15(3)39-25/h7-8,11,14H,6,9-10,12-13H2,1-5H3,(H2,28,31,33,37). The molecule has 1 fully saturated rings. The zero-order valence-electron chi connectivity index (χ0n) is 22.9. The van der Waals surface area contributed by atoms with Crippen LogP contribution in [0.15, 0.2) is 22.6 Å². The van der Waals surface area contributed by atoms with Gasteiger partial charge in [-0.3, -0.25) is 10.1 Å². The first-order chi connectivity index (χ1) is 19.0. The molecule has 0 saturated carbocycles. The van der Waals surface area contributed by atoms with Crippen LogP contribution in [0.25, 0.3) is 11.3 Å². The fourth-order valence-corrected chi connectivity index (χ4v) is 4.66. The van der Waals surface area contributed by atoms with E-state index in [2.05, 4.69) is 25.8 Å². The number of nitrogens with one attached hydrogen (secondary N) is 2. The van der Waals surface area contributed by atoms with Crippen molar-refractivity contribution in [3.8, 4) is 17.1 Å². The average molecular weight is 555 g/mol. The summed E-state index contributed by atoms with van der Waals surface area (Å²) in [5, 5.41) is 12.1. The molecular formula is C26H31FN8O5. The van der Waals surface area contributed by atoms with Crippen LogP contribution in [0, 0.1) is 12.7 Å². The topological polar surface area (TPSA) is 148 Å². The van der Waals surface area contributed by atoms with Crippen molar-refractivity contribution in [2.24, 2.45) is 0 Å². The summed E-state index contributed by atoms with van der Waals surface area (Å²) >= 11 is 0. The number of amides is 3. The second-order valence-corrected chi connectivity index (χ2v) is 10.3. The quantitative estimate of drug-likeness (QED) is 0.480. The van der Waals surface area contributed by atoms with Gasteiger partial charge in [0.15, 0.2) is 0 Å². The molecule has 13 nitrogen and oxygen atoms in total. The minimum absolute atomic E-state index is 0.0225. The Balaban J connectivity index is 1.55. The van der Waals surface area contributed by atoms with Gasteiger partial charge in [0, 0.05) is 25.6 Å². The number of carbonyl (C=O) groups is 2. The molecule has 1 atom stereocenters. The van der Waals surface area contributed by atoms with Crippen molar-refractivity contribution in [2.45, 2.75) is 46.3 Å². The summed E-state index contributed by atoms with van der Waals surface area (Å²) < 4.78 is 32.3. The Morgan fingerprint density at radius 3 is 2.70 bits per heavy atom. The van der Waals surface area contributed by atoms with Gasteiger partial charge in [0.2, 0.25) is 17.7 Å². The Kier molecular flexibility index (Phi) is 7.27. The van der Waals surface area contributed by atoms with Gasteiger partial charge in [-0.2, -0.15) is 4.98 Å². The summed E-state index contributed by atoms with van der Waals surface area (Å²) in [7, 11) is 0. The van der Waals surface area contributed by atoms with E-state index < -0.39 is 17.4 Å². The fourth-order valence-electron chi connectivity index (χ4n) is 4.66. The van der Waals surface area contributed by atoms with Gasteiger partial charge in [-0.25, -0.2) is 14.2 Å². The predicted octanol–water partition coefficient (Wildman–Crippen LogP) is 3.48. The molecule has 1 saturated heterocycles. The minimum atomic E-state index is -0.765. The lowest BCUT2D eigenvalue weighted by Crippen LogP contribution is -2.44. The van der Waals surface area contributed by atoms with E-state index in [1.807, 2.05) is 32.6 Å². The summed E-state index contributed by atoms with van der Waals surface area (Å²) in [4.78, 5) is 39.1. The first-order valence-electron chi connectivity index (χ1n) is 13.0. The van der Waals surface area contributed by atoms with Gasteiger partial charge in [0.05, 0.1) is 37.2 Å². The first-order valence-corrected chi connectivity index (χ1v) is 13.0. The summed E-state index contributed by atoms with van der Waals surface area (Å²) in [6.45, 7) is 11.5. The monoisotopic (exact) mass is 554 g/mol. The number of rotatable bonds is 5. The molecule has 3 aromatic rings. The van der Waals surface area contributed by atoms with Crippen LogP contribution in [0.5, 0.6) is 5.88 Å². The van der Waals surface area contributed by atoms with Crippen molar-refractivity contribution < 1.29 is 27.9 Å². The van der Waals surface area contributed by atoms with Crippen LogP contribution in [0.4, 0.5) is 26.8 Å². The van der Waals surface area contributed by atoms with E-state index in [0.29, 0.717) is 44.4 Å². The molecule has 1 unspecified atom stereocenters. The molecule has 0 radical (unpaired) electrons. The van der Waals surface area contributed by atoms with Crippen molar-refractivity contribution in [1.29, 1.82) is 0 Å². The van der Waals surface area contributed by atoms with E-state index in [0.717, 1.165) is 0 Å². The molecule has 0 bridgehead atoms. The fraction of sp³-hybridized carbons (Fsp3) is 0.462. The number of benzene rings is 1. The number of hydrogen-bond donors (Lipinski definition) is 2. The number of anilines is 3. The minimum Gasteiger partial charge on any atom is -0.469 e. The summed E-state index contributed by atoms with van der Waals surface area (Å²) in [6.07, 6.45) is 0. The third kappa shape index (κ3) is 5.52. The Hall–Kier alpha value is -4.33. The van der Waals surface area contributed by atoms with Gasteiger partial charge in [-0.15, -0.1) is 5.10 Å². The Morgan fingerprint density at radius 1 is 1.23 bits per heavy atom. The number of halogens is 1. The maximum atomic E-state index is 15.3. The Labute approximate surface area is 230 Å². The van der Waals surface area contributed by atoms with Crippen molar-refractivity contribution in [2.75, 3.05) is 48.4 Å². The third-order valence-corrected chi connectivity index (χ3v) is 6.55. The van der Waals surface area contributed by atoms with Crippen LogP contribution >= 0.6 is 0 Å². The molecule has 2 aromatic heterocycles. The van der Waals surface area contributed by atoms with Crippen LogP contribution in [0.3, 0.4) is 0 Å². The predicted molar refractivity (Wildman–Crippen MR) is 143 cm³/mol. The summed E-state index contributed by atoms with van der Waals surface area (Å²) in [6, 6.07) is 3.26. The van der Waals surface area contributed by atoms with Gasteiger partial charge >= 0.3 is 12.0 Å². The number of aromatic nitrogens is 4. The highest BCUT2D eigenvalue weighted by Gasteiger charge is 2.38. The smallest absolute Gasteiger partial charge is 0.327 e. The second-order valence-electron chi connectivity index (χ2n) is 10.3. The second kappa shape index (κ2) is 10.7. The maximum Gasteiger partial charge on any atom is 0.327 e. The SMILES string of the molecule is CCN1CC(C)(C)Oc2nc(N3CCOCC3C)nc(-c3ccc(NC(=O)Nc4nnc(C)o4)c(F)c3)c2C1=O. The number of nitrogens with zero attached hydrogens (tertiary/aromatic N) is 6. The number of morpholine rings is 1. The molecule has 1 aromatic carbocycles. The number of urea groups is 1. The first kappa shape index (κ1) is 27.2. The number of aryl methyl sites for hydroxylation is 1. The maximum absolute atomic E-state index is 15.3. The van der Waals surface area contributed by atoms with Gasteiger partial charge in [-0.05, 0) is 39.8 Å². The molecule has 2 N–H and O–H groups in total. The number of carbonyl (C=O) groups excluding carboxylic acids is 2. The van der Waals surface area contributed by atoms with Crippen molar-refractivity contribution in [1.82, 2.24) is 25.1 Å². The molecule has 212 valence electrons. The van der Waals surface area contributed by atoms with E-state index in [9.17, 15) is 9.59 Å². The van der Waals surface area contributed by atoms with Crippen LogP contribution in [-0.2, 0) is 4.74 Å². The number of fused-ring (bicyclic) bond motifs is 1. The van der Waals surface area contributed by atoms with E-state index in [1.165, 1.54) is 12.1 Å². The van der Waals surface area contributed by atoms with Crippen molar-refractivity contribution in [3.63, 3.8) is 0 Å². The lowest BCUT2D eigenvalue weighted by Gasteiger charge is -2.34. The van der Waals surface area contributed by atoms with E-state index in [-0.39, 0.29) is 46.7 Å². The zero-order valence-corrected chi connectivity index (χ0v) is 22.9. The summed E-state index contributed by atoms with van der Waals surface area (Å²) in [5.41, 5.74) is -0.111. The van der Waals surface area contributed by atoms with Crippen molar-refractivity contribution >= 4 is 29.6 Å². The molecule has 14 heteroatoms. The van der Waals surface area contributed by atoms with Crippen LogP contribution in [-0.4, -0.2) is 81.5 Å². The summed E-state index contributed by atoms with van der Waals surface area (Å²) in [5.74, 6) is -0.283. The van der Waals surface area contributed by atoms with Crippen molar-refractivity contribution in [3.05, 3.63) is 35.5 Å². The molecule has 0 spiro atoms. The third-order valence-electron chi connectivity index (χ3n) is 6.55. The lowest BCUT2D eigenvalue weighted by atomic mass is 10.0. The van der Waals surface area contributed by atoms with Crippen LogP contribution < -0.4 is 20.3 Å². The molecule has 40 heavy (non-hydrogen) atoms. The van der Waals surface area contributed by atoms with Crippen LogP contribution in [0.1, 0.15) is 43.9 Å². The van der Waals surface area contributed by atoms with Crippen LogP contribution in [0.2, 0.25) is 0 Å². The zero-order chi connectivity index (χ0) is 28.6. The van der Waals surface area contributed by atoms with E-state index in [1.54, 1.807) is 17.9 Å². The molecule has 4 heterocycles. The Bertz CT molecular complexity index is 1440. The molecule has 2 aliphatic rings. The van der Waals surface area contributed by atoms with Gasteiger partial charge in [-0.1, -0.05) is 11.2 Å². The molecule has 2 aliphatic heterocycles. The largest absolute Gasteiger partial charge is 0.469 e. The van der Waals surface area contributed by atoms with E-state index >= 15 is 4.39 Å². The van der Waals surface area contributed by atoms with E-state index in [4.69, 9.17) is 18.9 Å². The highest BCUT2D eigenvalue weighted by Crippen LogP contribution is 2.37. The molecule has 0 aliphatic carbocycles. The van der Waals surface area contributed by atoms with Gasteiger partial charge in [0.1, 0.15) is 17.0 Å². The Morgan fingerprint density at radius 2 is 2.02 bits per heavy atom. The van der Waals surface area contributed by atoms with Gasteiger partial charge in [0.25, 0.3) is 5.91 Å². The number of ether oxygens (including phenoxy) is 2. The molecule has 5 rings (SSSR count).